The van der Waals surface area contributed by atoms with Crippen LogP contribution in [0.4, 0.5) is 4.39 Å². The van der Waals surface area contributed by atoms with E-state index in [2.05, 4.69) is 32.3 Å². The Morgan fingerprint density at radius 1 is 1.13 bits per heavy atom. The van der Waals surface area contributed by atoms with Crippen LogP contribution in [0.3, 0.4) is 0 Å². The molecule has 1 fully saturated rings. The number of carbonyl (C=O) groups is 2. The third-order valence-electron chi connectivity index (χ3n) is 6.16. The molecule has 31 heavy (non-hydrogen) atoms. The summed E-state index contributed by atoms with van der Waals surface area (Å²) in [6.45, 7) is 2.00. The van der Waals surface area contributed by atoms with Crippen LogP contribution in [0.5, 0.6) is 0 Å². The number of halogens is 1. The van der Waals surface area contributed by atoms with Gasteiger partial charge in [0.05, 0.1) is 11.7 Å². The molecule has 0 unspecified atom stereocenters. The molecule has 1 aromatic heterocycles. The maximum atomic E-state index is 13.2. The van der Waals surface area contributed by atoms with E-state index in [1.807, 2.05) is 25.3 Å². The number of para-hydroxylation sites is 1. The molecule has 0 spiro atoms. The predicted octanol–water partition coefficient (Wildman–Crippen LogP) is 3.39. The van der Waals surface area contributed by atoms with Crippen molar-refractivity contribution in [2.24, 2.45) is 0 Å². The van der Waals surface area contributed by atoms with Crippen LogP contribution in [0.1, 0.15) is 52.7 Å². The van der Waals surface area contributed by atoms with Gasteiger partial charge in [-0.2, -0.15) is 0 Å². The van der Waals surface area contributed by atoms with Gasteiger partial charge in [0, 0.05) is 17.5 Å². The average Bonchev–Trinajstić information content (AvgIpc) is 3.48. The van der Waals surface area contributed by atoms with Gasteiger partial charge in [-0.05, 0) is 68.5 Å². The second kappa shape index (κ2) is 7.34. The standard InChI is InChI=1S/C24H23FN4O2/c1-15-14-26-21-19(11-8-16-4-2-3-5-20(16)29(15)21)27-23(31)24(12-13-24)28-22(30)17-6-9-18(25)10-7-17/h2-7,9-10,14,19H,8,11-13H2,1H3,(H,27,31)(H,28,30)/t19-/m1/s1. The van der Waals surface area contributed by atoms with E-state index in [0.717, 1.165) is 30.0 Å². The van der Waals surface area contributed by atoms with Crippen LogP contribution in [0.2, 0.25) is 0 Å². The summed E-state index contributed by atoms with van der Waals surface area (Å²) in [5.74, 6) is -0.184. The van der Waals surface area contributed by atoms with Crippen LogP contribution in [0, 0.1) is 12.7 Å². The summed E-state index contributed by atoms with van der Waals surface area (Å²) in [5, 5.41) is 5.99. The molecular weight excluding hydrogens is 395 g/mol. The third kappa shape index (κ3) is 3.50. The zero-order valence-corrected chi connectivity index (χ0v) is 17.2. The van der Waals surface area contributed by atoms with Gasteiger partial charge in [0.1, 0.15) is 17.2 Å². The first-order chi connectivity index (χ1) is 15.0. The molecule has 158 valence electrons. The molecule has 2 N–H and O–H groups in total. The zero-order valence-electron chi connectivity index (χ0n) is 17.2. The number of carbonyl (C=O) groups excluding carboxylic acids is 2. The van der Waals surface area contributed by atoms with Gasteiger partial charge < -0.3 is 10.6 Å². The molecular formula is C24H23FN4O2. The molecule has 1 aliphatic carbocycles. The number of rotatable bonds is 4. The zero-order chi connectivity index (χ0) is 21.6. The minimum absolute atomic E-state index is 0.203. The minimum Gasteiger partial charge on any atom is -0.344 e. The van der Waals surface area contributed by atoms with Crippen LogP contribution >= 0.6 is 0 Å². The lowest BCUT2D eigenvalue weighted by Gasteiger charge is -2.22. The molecule has 7 heteroatoms. The van der Waals surface area contributed by atoms with Crippen molar-refractivity contribution in [2.45, 2.75) is 44.2 Å². The van der Waals surface area contributed by atoms with E-state index in [0.29, 0.717) is 18.4 Å². The van der Waals surface area contributed by atoms with Gasteiger partial charge in [-0.3, -0.25) is 14.2 Å². The largest absolute Gasteiger partial charge is 0.344 e. The van der Waals surface area contributed by atoms with Crippen molar-refractivity contribution in [3.05, 3.63) is 83.2 Å². The highest BCUT2D eigenvalue weighted by Gasteiger charge is 2.52. The molecule has 0 radical (unpaired) electrons. The maximum absolute atomic E-state index is 13.2. The fourth-order valence-corrected chi connectivity index (χ4v) is 4.24. The Balaban J connectivity index is 1.36. The molecule has 0 bridgehead atoms. The molecule has 1 saturated carbocycles. The summed E-state index contributed by atoms with van der Waals surface area (Å²) in [5.41, 5.74) is 2.73. The topological polar surface area (TPSA) is 76.0 Å². The number of imidazole rings is 1. The molecule has 2 aromatic carbocycles. The predicted molar refractivity (Wildman–Crippen MR) is 113 cm³/mol. The van der Waals surface area contributed by atoms with Gasteiger partial charge in [-0.25, -0.2) is 9.37 Å². The van der Waals surface area contributed by atoms with E-state index in [1.165, 1.54) is 29.8 Å². The van der Waals surface area contributed by atoms with E-state index in [1.54, 1.807) is 0 Å². The third-order valence-corrected chi connectivity index (χ3v) is 6.16. The molecule has 6 nitrogen and oxygen atoms in total. The van der Waals surface area contributed by atoms with Crippen molar-refractivity contribution >= 4 is 11.8 Å². The maximum Gasteiger partial charge on any atom is 0.252 e. The summed E-state index contributed by atoms with van der Waals surface area (Å²) in [6, 6.07) is 13.3. The number of aromatic nitrogens is 2. The Labute approximate surface area is 179 Å². The van der Waals surface area contributed by atoms with Crippen molar-refractivity contribution in [3.8, 4) is 5.69 Å². The van der Waals surface area contributed by atoms with Crippen LogP contribution in [0.25, 0.3) is 5.69 Å². The Kier molecular flexibility index (Phi) is 4.61. The van der Waals surface area contributed by atoms with Crippen molar-refractivity contribution in [1.29, 1.82) is 0 Å². The van der Waals surface area contributed by atoms with Crippen molar-refractivity contribution < 1.29 is 14.0 Å². The molecule has 1 atom stereocenters. The average molecular weight is 418 g/mol. The quantitative estimate of drug-likeness (QED) is 0.682. The fraction of sp³-hybridized carbons (Fsp3) is 0.292. The second-order valence-corrected chi connectivity index (χ2v) is 8.33. The molecule has 5 rings (SSSR count). The number of fused-ring (bicyclic) bond motifs is 3. The summed E-state index contributed by atoms with van der Waals surface area (Å²) in [4.78, 5) is 30.4. The Hall–Kier alpha value is -3.48. The van der Waals surface area contributed by atoms with Crippen molar-refractivity contribution in [1.82, 2.24) is 20.2 Å². The first-order valence-corrected chi connectivity index (χ1v) is 10.5. The van der Waals surface area contributed by atoms with Gasteiger partial charge in [-0.15, -0.1) is 0 Å². The molecule has 2 aliphatic rings. The first kappa shape index (κ1) is 19.5. The van der Waals surface area contributed by atoms with Gasteiger partial charge in [0.2, 0.25) is 5.91 Å². The highest BCUT2D eigenvalue weighted by atomic mass is 19.1. The summed E-state index contributed by atoms with van der Waals surface area (Å²) >= 11 is 0. The Morgan fingerprint density at radius 2 is 1.87 bits per heavy atom. The first-order valence-electron chi connectivity index (χ1n) is 10.5. The lowest BCUT2D eigenvalue weighted by Crippen LogP contribution is -2.50. The number of benzene rings is 2. The number of nitrogens with zero attached hydrogens (tertiary/aromatic N) is 2. The van der Waals surface area contributed by atoms with Crippen molar-refractivity contribution in [3.63, 3.8) is 0 Å². The van der Waals surface area contributed by atoms with Crippen LogP contribution in [0.15, 0.2) is 54.7 Å². The van der Waals surface area contributed by atoms with Crippen LogP contribution in [-0.2, 0) is 11.2 Å². The Bertz CT molecular complexity index is 1160. The number of nitrogens with one attached hydrogen (secondary N) is 2. The monoisotopic (exact) mass is 418 g/mol. The summed E-state index contributed by atoms with van der Waals surface area (Å²) < 4.78 is 15.2. The molecule has 2 amide bonds. The molecule has 1 aliphatic heterocycles. The van der Waals surface area contributed by atoms with E-state index < -0.39 is 11.4 Å². The smallest absolute Gasteiger partial charge is 0.252 e. The van der Waals surface area contributed by atoms with Crippen LogP contribution < -0.4 is 10.6 Å². The van der Waals surface area contributed by atoms with Crippen LogP contribution in [-0.4, -0.2) is 26.9 Å². The van der Waals surface area contributed by atoms with Gasteiger partial charge in [0.15, 0.2) is 0 Å². The van der Waals surface area contributed by atoms with Gasteiger partial charge in [-0.1, -0.05) is 18.2 Å². The fourth-order valence-electron chi connectivity index (χ4n) is 4.24. The second-order valence-electron chi connectivity index (χ2n) is 8.33. The summed E-state index contributed by atoms with van der Waals surface area (Å²) in [7, 11) is 0. The van der Waals surface area contributed by atoms with Gasteiger partial charge in [0.25, 0.3) is 5.91 Å². The SMILES string of the molecule is Cc1cnc2n1-c1ccccc1CC[C@H]2NC(=O)C1(NC(=O)c2ccc(F)cc2)CC1. The van der Waals surface area contributed by atoms with Crippen molar-refractivity contribution in [2.75, 3.05) is 0 Å². The normalized spacial score (nSPS) is 18.3. The van der Waals surface area contributed by atoms with E-state index in [-0.39, 0.29) is 17.9 Å². The number of aryl methyl sites for hydroxylation is 2. The minimum atomic E-state index is -0.920. The number of hydrogen-bond donors (Lipinski definition) is 2. The lowest BCUT2D eigenvalue weighted by atomic mass is 10.0. The summed E-state index contributed by atoms with van der Waals surface area (Å²) in [6.07, 6.45) is 4.51. The molecule has 3 aromatic rings. The lowest BCUT2D eigenvalue weighted by molar-refractivity contribution is -0.124. The Morgan fingerprint density at radius 3 is 2.61 bits per heavy atom. The highest BCUT2D eigenvalue weighted by molar-refractivity contribution is 6.00. The number of amides is 2. The van der Waals surface area contributed by atoms with E-state index in [9.17, 15) is 14.0 Å². The van der Waals surface area contributed by atoms with E-state index >= 15 is 0 Å². The number of hydrogen-bond acceptors (Lipinski definition) is 3. The van der Waals surface area contributed by atoms with E-state index in [4.69, 9.17) is 0 Å². The highest BCUT2D eigenvalue weighted by Crippen LogP contribution is 2.38. The molecule has 2 heterocycles. The van der Waals surface area contributed by atoms with Gasteiger partial charge >= 0.3 is 0 Å². The molecule has 0 saturated heterocycles.